The number of carbonyl (C=O) groups is 1. The zero-order valence-corrected chi connectivity index (χ0v) is 14.0. The Morgan fingerprint density at radius 1 is 1.43 bits per heavy atom. The van der Waals surface area contributed by atoms with Crippen molar-refractivity contribution in [2.75, 3.05) is 20.8 Å². The van der Waals surface area contributed by atoms with Crippen LogP contribution < -0.4 is 14.8 Å². The van der Waals surface area contributed by atoms with E-state index in [0.717, 1.165) is 27.8 Å². The normalized spacial score (nSPS) is 21.3. The molecule has 2 atom stereocenters. The Kier molecular flexibility index (Phi) is 5.11. The molecule has 2 rings (SSSR count). The van der Waals surface area contributed by atoms with Crippen LogP contribution in [0.4, 0.5) is 0 Å². The van der Waals surface area contributed by atoms with Crippen LogP contribution in [-0.2, 0) is 11.2 Å². The van der Waals surface area contributed by atoms with Crippen molar-refractivity contribution in [3.8, 4) is 11.5 Å². The Hall–Kier alpha value is -1.27. The average molecular weight is 358 g/mol. The zero-order chi connectivity index (χ0) is 15.6. The molecule has 1 saturated heterocycles. The number of halogens is 1. The molecule has 1 aromatic carbocycles. The SMILES string of the molecule is CCc1cc(C2CC(C(=O)O)CN2)c(OC)c(Br)c1OC. The van der Waals surface area contributed by atoms with Gasteiger partial charge in [-0.05, 0) is 40.4 Å². The largest absolute Gasteiger partial charge is 0.495 e. The summed E-state index contributed by atoms with van der Waals surface area (Å²) in [5, 5.41) is 12.4. The summed E-state index contributed by atoms with van der Waals surface area (Å²) in [5.74, 6) is 0.358. The predicted octanol–water partition coefficient (Wildman–Crippen LogP) is 2.76. The van der Waals surface area contributed by atoms with Gasteiger partial charge in [0.15, 0.2) is 0 Å². The topological polar surface area (TPSA) is 67.8 Å². The lowest BCUT2D eigenvalue weighted by molar-refractivity contribution is -0.141. The summed E-state index contributed by atoms with van der Waals surface area (Å²) < 4.78 is 11.7. The van der Waals surface area contributed by atoms with Crippen LogP contribution in [0.1, 0.15) is 30.5 Å². The van der Waals surface area contributed by atoms with Crippen LogP contribution in [0.25, 0.3) is 0 Å². The molecule has 0 saturated carbocycles. The van der Waals surface area contributed by atoms with Gasteiger partial charge < -0.3 is 19.9 Å². The van der Waals surface area contributed by atoms with Crippen LogP contribution in [0.3, 0.4) is 0 Å². The van der Waals surface area contributed by atoms with E-state index in [0.29, 0.717) is 18.7 Å². The maximum atomic E-state index is 11.1. The van der Waals surface area contributed by atoms with E-state index in [9.17, 15) is 4.79 Å². The number of ether oxygens (including phenoxy) is 2. The van der Waals surface area contributed by atoms with Gasteiger partial charge in [-0.15, -0.1) is 0 Å². The Bertz CT molecular complexity index is 547. The molecule has 1 aliphatic rings. The third-order valence-corrected chi connectivity index (χ3v) is 4.65. The van der Waals surface area contributed by atoms with Gasteiger partial charge in [0.05, 0.1) is 20.1 Å². The van der Waals surface area contributed by atoms with Crippen molar-refractivity contribution in [1.82, 2.24) is 5.32 Å². The van der Waals surface area contributed by atoms with Crippen LogP contribution in [0.5, 0.6) is 11.5 Å². The van der Waals surface area contributed by atoms with E-state index >= 15 is 0 Å². The number of carboxylic acids is 1. The van der Waals surface area contributed by atoms with Gasteiger partial charge in [-0.2, -0.15) is 0 Å². The Morgan fingerprint density at radius 3 is 2.57 bits per heavy atom. The van der Waals surface area contributed by atoms with Crippen molar-refractivity contribution in [3.63, 3.8) is 0 Å². The molecule has 1 fully saturated rings. The Labute approximate surface area is 132 Å². The molecule has 5 nitrogen and oxygen atoms in total. The lowest BCUT2D eigenvalue weighted by atomic mass is 9.96. The highest BCUT2D eigenvalue weighted by Gasteiger charge is 2.33. The van der Waals surface area contributed by atoms with E-state index in [1.54, 1.807) is 14.2 Å². The minimum atomic E-state index is -0.757. The van der Waals surface area contributed by atoms with E-state index in [1.807, 2.05) is 6.07 Å². The fraction of sp³-hybridized carbons (Fsp3) is 0.533. The third-order valence-electron chi connectivity index (χ3n) is 3.93. The lowest BCUT2D eigenvalue weighted by Gasteiger charge is -2.20. The average Bonchev–Trinajstić information content (AvgIpc) is 2.96. The van der Waals surface area contributed by atoms with Crippen molar-refractivity contribution >= 4 is 21.9 Å². The fourth-order valence-electron chi connectivity index (χ4n) is 2.80. The summed E-state index contributed by atoms with van der Waals surface area (Å²) in [4.78, 5) is 11.1. The quantitative estimate of drug-likeness (QED) is 0.847. The molecule has 0 aromatic heterocycles. The van der Waals surface area contributed by atoms with Crippen molar-refractivity contribution in [3.05, 3.63) is 21.7 Å². The summed E-state index contributed by atoms with van der Waals surface area (Å²) >= 11 is 3.54. The third kappa shape index (κ3) is 3.01. The van der Waals surface area contributed by atoms with Crippen molar-refractivity contribution in [1.29, 1.82) is 0 Å². The number of hydrogen-bond donors (Lipinski definition) is 2. The summed E-state index contributed by atoms with van der Waals surface area (Å²) in [6.07, 6.45) is 1.39. The molecule has 2 N–H and O–H groups in total. The van der Waals surface area contributed by atoms with E-state index in [-0.39, 0.29) is 12.0 Å². The van der Waals surface area contributed by atoms with Crippen molar-refractivity contribution in [2.45, 2.75) is 25.8 Å². The second-order valence-electron chi connectivity index (χ2n) is 5.09. The van der Waals surface area contributed by atoms with Crippen LogP contribution in [-0.4, -0.2) is 31.8 Å². The van der Waals surface area contributed by atoms with E-state index in [1.165, 1.54) is 0 Å². The minimum absolute atomic E-state index is 0.0199. The molecule has 0 bridgehead atoms. The van der Waals surface area contributed by atoms with E-state index < -0.39 is 5.97 Å². The first-order valence-electron chi connectivity index (χ1n) is 6.92. The van der Waals surface area contributed by atoms with Gasteiger partial charge in [-0.3, -0.25) is 4.79 Å². The van der Waals surface area contributed by atoms with Gasteiger partial charge in [-0.1, -0.05) is 6.92 Å². The number of carboxylic acid groups (broad SMARTS) is 1. The van der Waals surface area contributed by atoms with Crippen LogP contribution >= 0.6 is 15.9 Å². The van der Waals surface area contributed by atoms with Crippen molar-refractivity contribution < 1.29 is 19.4 Å². The summed E-state index contributed by atoms with van der Waals surface area (Å²) in [7, 11) is 3.24. The maximum Gasteiger partial charge on any atom is 0.307 e. The maximum absolute atomic E-state index is 11.1. The summed E-state index contributed by atoms with van der Waals surface area (Å²) in [6.45, 7) is 2.54. The van der Waals surface area contributed by atoms with Crippen LogP contribution in [0.15, 0.2) is 10.5 Å². The molecular weight excluding hydrogens is 338 g/mol. The van der Waals surface area contributed by atoms with Crippen LogP contribution in [0.2, 0.25) is 0 Å². The molecule has 6 heteroatoms. The van der Waals surface area contributed by atoms with Gasteiger partial charge in [0.25, 0.3) is 0 Å². The number of aliphatic carboxylic acids is 1. The molecule has 1 heterocycles. The Balaban J connectivity index is 2.44. The molecule has 0 radical (unpaired) electrons. The molecule has 21 heavy (non-hydrogen) atoms. The van der Waals surface area contributed by atoms with Gasteiger partial charge in [0, 0.05) is 18.2 Å². The second-order valence-corrected chi connectivity index (χ2v) is 5.88. The zero-order valence-electron chi connectivity index (χ0n) is 12.4. The smallest absolute Gasteiger partial charge is 0.307 e. The highest BCUT2D eigenvalue weighted by molar-refractivity contribution is 9.10. The lowest BCUT2D eigenvalue weighted by Crippen LogP contribution is -2.17. The monoisotopic (exact) mass is 357 g/mol. The first-order valence-corrected chi connectivity index (χ1v) is 7.72. The number of methoxy groups -OCH3 is 2. The molecule has 2 unspecified atom stereocenters. The molecule has 0 amide bonds. The minimum Gasteiger partial charge on any atom is -0.495 e. The van der Waals surface area contributed by atoms with Gasteiger partial charge in [-0.25, -0.2) is 0 Å². The summed E-state index contributed by atoms with van der Waals surface area (Å²) in [5.41, 5.74) is 2.05. The van der Waals surface area contributed by atoms with E-state index in [2.05, 4.69) is 28.2 Å². The summed E-state index contributed by atoms with van der Waals surface area (Å²) in [6, 6.07) is 2.03. The number of aryl methyl sites for hydroxylation is 1. The molecule has 1 aliphatic heterocycles. The first kappa shape index (κ1) is 16.1. The molecule has 0 spiro atoms. The molecular formula is C15H20BrNO4. The van der Waals surface area contributed by atoms with E-state index in [4.69, 9.17) is 14.6 Å². The number of rotatable bonds is 5. The van der Waals surface area contributed by atoms with Crippen molar-refractivity contribution in [2.24, 2.45) is 5.92 Å². The van der Waals surface area contributed by atoms with Gasteiger partial charge in [0.1, 0.15) is 16.0 Å². The molecule has 1 aromatic rings. The second kappa shape index (κ2) is 6.66. The number of hydrogen-bond acceptors (Lipinski definition) is 4. The van der Waals surface area contributed by atoms with Gasteiger partial charge in [0.2, 0.25) is 0 Å². The van der Waals surface area contributed by atoms with Crippen LogP contribution in [0, 0.1) is 5.92 Å². The Morgan fingerprint density at radius 2 is 2.10 bits per heavy atom. The first-order chi connectivity index (χ1) is 10.0. The highest BCUT2D eigenvalue weighted by atomic mass is 79.9. The molecule has 0 aliphatic carbocycles. The molecule has 116 valence electrons. The van der Waals surface area contributed by atoms with Gasteiger partial charge >= 0.3 is 5.97 Å². The predicted molar refractivity (Wildman–Crippen MR) is 83.1 cm³/mol. The number of benzene rings is 1. The number of nitrogens with one attached hydrogen (secondary N) is 1. The fourth-order valence-corrected chi connectivity index (χ4v) is 3.61. The standard InChI is InChI=1S/C15H20BrNO4/c1-4-8-5-10(11-6-9(7-17-11)15(18)19)14(21-3)12(16)13(8)20-2/h5,9,11,17H,4,6-7H2,1-3H3,(H,18,19). The highest BCUT2D eigenvalue weighted by Crippen LogP contribution is 2.44.